The fraction of sp³-hybridized carbons (Fsp3) is 0.571. The maximum atomic E-state index is 6.25. The number of rotatable bonds is 3. The van der Waals surface area contributed by atoms with Gasteiger partial charge in [0, 0.05) is 19.1 Å². The molecule has 0 spiro atoms. The van der Waals surface area contributed by atoms with Gasteiger partial charge in [0.25, 0.3) is 0 Å². The summed E-state index contributed by atoms with van der Waals surface area (Å²) < 4.78 is 11.1. The molecule has 3 rings (SSSR count). The standard InChI is InChI=1S/C14H19NO2/c15-13(9-12-2-1-6-16-12)10-3-4-14-11(8-10)5-7-17-14/h3-4,8,12-13H,1-2,5-7,9,15H2. The van der Waals surface area contributed by atoms with Crippen LogP contribution in [0.25, 0.3) is 0 Å². The number of ether oxygens (including phenoxy) is 2. The molecule has 2 aliphatic rings. The second-order valence-electron chi connectivity index (χ2n) is 4.94. The molecule has 92 valence electrons. The number of hydrogen-bond acceptors (Lipinski definition) is 3. The van der Waals surface area contributed by atoms with Gasteiger partial charge in [0.2, 0.25) is 0 Å². The van der Waals surface area contributed by atoms with Gasteiger partial charge in [0.05, 0.1) is 12.7 Å². The Kier molecular flexibility index (Phi) is 3.04. The van der Waals surface area contributed by atoms with Crippen LogP contribution in [0.1, 0.15) is 36.4 Å². The van der Waals surface area contributed by atoms with Gasteiger partial charge in [-0.15, -0.1) is 0 Å². The van der Waals surface area contributed by atoms with Crippen LogP contribution in [0.2, 0.25) is 0 Å². The maximum absolute atomic E-state index is 6.25. The molecule has 0 saturated carbocycles. The molecule has 0 aromatic heterocycles. The molecule has 0 radical (unpaired) electrons. The van der Waals surface area contributed by atoms with E-state index in [9.17, 15) is 0 Å². The third-order valence-corrected chi connectivity index (χ3v) is 3.68. The molecule has 2 aliphatic heterocycles. The molecule has 3 heteroatoms. The SMILES string of the molecule is NC(CC1CCCO1)c1ccc2c(c1)CCO2. The molecule has 2 heterocycles. The lowest BCUT2D eigenvalue weighted by Crippen LogP contribution is -2.18. The summed E-state index contributed by atoms with van der Waals surface area (Å²) in [5.41, 5.74) is 8.76. The van der Waals surface area contributed by atoms with Crippen LogP contribution in [0.4, 0.5) is 0 Å². The molecule has 0 amide bonds. The van der Waals surface area contributed by atoms with Crippen LogP contribution in [-0.4, -0.2) is 19.3 Å². The zero-order valence-corrected chi connectivity index (χ0v) is 10.0. The van der Waals surface area contributed by atoms with Gasteiger partial charge in [0.1, 0.15) is 5.75 Å². The molecule has 3 nitrogen and oxygen atoms in total. The van der Waals surface area contributed by atoms with Crippen molar-refractivity contribution in [3.05, 3.63) is 29.3 Å². The van der Waals surface area contributed by atoms with Gasteiger partial charge in [0.15, 0.2) is 0 Å². The van der Waals surface area contributed by atoms with Crippen LogP contribution in [0.15, 0.2) is 18.2 Å². The largest absolute Gasteiger partial charge is 0.493 e. The van der Waals surface area contributed by atoms with Crippen LogP contribution in [0.3, 0.4) is 0 Å². The highest BCUT2D eigenvalue weighted by Crippen LogP contribution is 2.30. The van der Waals surface area contributed by atoms with Crippen molar-refractivity contribution in [3.63, 3.8) is 0 Å². The van der Waals surface area contributed by atoms with Gasteiger partial charge in [-0.25, -0.2) is 0 Å². The number of fused-ring (bicyclic) bond motifs is 1. The van der Waals surface area contributed by atoms with Crippen molar-refractivity contribution in [1.29, 1.82) is 0 Å². The van der Waals surface area contributed by atoms with E-state index in [0.29, 0.717) is 6.10 Å². The lowest BCUT2D eigenvalue weighted by Gasteiger charge is -2.17. The van der Waals surface area contributed by atoms with Gasteiger partial charge in [-0.2, -0.15) is 0 Å². The lowest BCUT2D eigenvalue weighted by molar-refractivity contribution is 0.0983. The molecular weight excluding hydrogens is 214 g/mol. The summed E-state index contributed by atoms with van der Waals surface area (Å²) in [4.78, 5) is 0. The van der Waals surface area contributed by atoms with E-state index in [0.717, 1.165) is 38.2 Å². The van der Waals surface area contributed by atoms with Gasteiger partial charge in [-0.1, -0.05) is 12.1 Å². The second-order valence-corrected chi connectivity index (χ2v) is 4.94. The van der Waals surface area contributed by atoms with Gasteiger partial charge in [-0.3, -0.25) is 0 Å². The van der Waals surface area contributed by atoms with Gasteiger partial charge < -0.3 is 15.2 Å². The fourth-order valence-corrected chi connectivity index (χ4v) is 2.69. The zero-order valence-electron chi connectivity index (χ0n) is 10.0. The van der Waals surface area contributed by atoms with Gasteiger partial charge >= 0.3 is 0 Å². The average Bonchev–Trinajstić information content (AvgIpc) is 2.97. The highest BCUT2D eigenvalue weighted by atomic mass is 16.5. The first-order valence-electron chi connectivity index (χ1n) is 6.46. The van der Waals surface area contributed by atoms with E-state index in [4.69, 9.17) is 15.2 Å². The Labute approximate surface area is 102 Å². The molecule has 1 aromatic rings. The van der Waals surface area contributed by atoms with Crippen molar-refractivity contribution < 1.29 is 9.47 Å². The minimum absolute atomic E-state index is 0.0870. The molecule has 1 aromatic carbocycles. The van der Waals surface area contributed by atoms with Crippen molar-refractivity contribution in [3.8, 4) is 5.75 Å². The molecule has 1 fully saturated rings. The zero-order chi connectivity index (χ0) is 11.7. The van der Waals surface area contributed by atoms with Crippen LogP contribution < -0.4 is 10.5 Å². The molecule has 17 heavy (non-hydrogen) atoms. The van der Waals surface area contributed by atoms with E-state index in [1.54, 1.807) is 0 Å². The summed E-state index contributed by atoms with van der Waals surface area (Å²) in [6.07, 6.45) is 4.63. The van der Waals surface area contributed by atoms with Crippen LogP contribution in [0.5, 0.6) is 5.75 Å². The average molecular weight is 233 g/mol. The first-order chi connectivity index (χ1) is 8.33. The van der Waals surface area contributed by atoms with Gasteiger partial charge in [-0.05, 0) is 36.5 Å². The third-order valence-electron chi connectivity index (χ3n) is 3.68. The van der Waals surface area contributed by atoms with E-state index in [-0.39, 0.29) is 6.04 Å². The van der Waals surface area contributed by atoms with E-state index < -0.39 is 0 Å². The Morgan fingerprint density at radius 2 is 2.29 bits per heavy atom. The Morgan fingerprint density at radius 3 is 3.12 bits per heavy atom. The molecule has 2 unspecified atom stereocenters. The first-order valence-corrected chi connectivity index (χ1v) is 6.46. The topological polar surface area (TPSA) is 44.5 Å². The lowest BCUT2D eigenvalue weighted by atomic mass is 9.98. The smallest absolute Gasteiger partial charge is 0.122 e. The third kappa shape index (κ3) is 2.31. The van der Waals surface area contributed by atoms with E-state index in [2.05, 4.69) is 12.1 Å². The predicted octanol–water partition coefficient (Wildman–Crippen LogP) is 2.19. The minimum atomic E-state index is 0.0870. The summed E-state index contributed by atoms with van der Waals surface area (Å²) >= 11 is 0. The summed E-state index contributed by atoms with van der Waals surface area (Å²) in [6.45, 7) is 1.70. The Hall–Kier alpha value is -1.06. The van der Waals surface area contributed by atoms with Crippen LogP contribution in [-0.2, 0) is 11.2 Å². The molecule has 1 saturated heterocycles. The van der Waals surface area contributed by atoms with Crippen LogP contribution in [0, 0.1) is 0 Å². The highest BCUT2D eigenvalue weighted by molar-refractivity contribution is 5.40. The Bertz CT molecular complexity index is 399. The van der Waals surface area contributed by atoms with Crippen molar-refractivity contribution in [2.75, 3.05) is 13.2 Å². The predicted molar refractivity (Wildman–Crippen MR) is 66.2 cm³/mol. The maximum Gasteiger partial charge on any atom is 0.122 e. The van der Waals surface area contributed by atoms with E-state index in [1.807, 2.05) is 6.07 Å². The normalized spacial score (nSPS) is 24.4. The summed E-state index contributed by atoms with van der Waals surface area (Å²) in [6, 6.07) is 6.42. The first kappa shape index (κ1) is 11.1. The molecular formula is C14H19NO2. The minimum Gasteiger partial charge on any atom is -0.493 e. The number of hydrogen-bond donors (Lipinski definition) is 1. The molecule has 2 atom stereocenters. The van der Waals surface area contributed by atoms with E-state index >= 15 is 0 Å². The molecule has 2 N–H and O–H groups in total. The summed E-state index contributed by atoms with van der Waals surface area (Å²) in [5, 5.41) is 0. The van der Waals surface area contributed by atoms with Crippen LogP contribution >= 0.6 is 0 Å². The van der Waals surface area contributed by atoms with Crippen molar-refractivity contribution in [1.82, 2.24) is 0 Å². The fourth-order valence-electron chi connectivity index (χ4n) is 2.69. The molecule has 0 bridgehead atoms. The second kappa shape index (κ2) is 4.67. The van der Waals surface area contributed by atoms with Crippen molar-refractivity contribution >= 4 is 0 Å². The Balaban J connectivity index is 1.70. The highest BCUT2D eigenvalue weighted by Gasteiger charge is 2.21. The Morgan fingerprint density at radius 1 is 1.35 bits per heavy atom. The van der Waals surface area contributed by atoms with Crippen molar-refractivity contribution in [2.24, 2.45) is 5.73 Å². The van der Waals surface area contributed by atoms with E-state index in [1.165, 1.54) is 17.5 Å². The summed E-state index contributed by atoms with van der Waals surface area (Å²) in [5.74, 6) is 1.03. The number of nitrogens with two attached hydrogens (primary N) is 1. The summed E-state index contributed by atoms with van der Waals surface area (Å²) in [7, 11) is 0. The quantitative estimate of drug-likeness (QED) is 0.870. The van der Waals surface area contributed by atoms with Crippen molar-refractivity contribution in [2.45, 2.75) is 37.8 Å². The number of benzene rings is 1. The molecule has 0 aliphatic carbocycles. The monoisotopic (exact) mass is 233 g/mol.